The number of hydrogen-bond acceptors (Lipinski definition) is 4. The van der Waals surface area contributed by atoms with Crippen LogP contribution in [0.3, 0.4) is 0 Å². The standard InChI is InChI=1S/C21H34N2O2/c1-21(2,3)17-6-7-20(25)16(13-17)14-22-11-8-18(9-12-22)23-10-4-5-19(24)15-23/h6-7,13,18-19,24-25H,4-5,8-12,14-15H2,1-3H3/t19-/m0/s1. The van der Waals surface area contributed by atoms with Gasteiger partial charge in [0.05, 0.1) is 6.10 Å². The molecule has 0 aromatic heterocycles. The highest BCUT2D eigenvalue weighted by atomic mass is 16.3. The van der Waals surface area contributed by atoms with E-state index in [2.05, 4.69) is 36.6 Å². The summed E-state index contributed by atoms with van der Waals surface area (Å²) in [6.07, 6.45) is 4.26. The van der Waals surface area contributed by atoms with Gasteiger partial charge in [-0.1, -0.05) is 32.9 Å². The summed E-state index contributed by atoms with van der Waals surface area (Å²) in [5.41, 5.74) is 2.42. The molecule has 3 rings (SSSR count). The number of aromatic hydroxyl groups is 1. The average molecular weight is 347 g/mol. The Bertz CT molecular complexity index is 574. The lowest BCUT2D eigenvalue weighted by Gasteiger charge is -2.41. The van der Waals surface area contributed by atoms with Gasteiger partial charge in [0.1, 0.15) is 5.75 Å². The summed E-state index contributed by atoms with van der Waals surface area (Å²) in [7, 11) is 0. The zero-order valence-corrected chi connectivity index (χ0v) is 16.0. The fourth-order valence-corrected chi connectivity index (χ4v) is 4.18. The maximum absolute atomic E-state index is 10.3. The lowest BCUT2D eigenvalue weighted by molar-refractivity contribution is 0.0242. The molecule has 0 aliphatic carbocycles. The maximum atomic E-state index is 10.3. The lowest BCUT2D eigenvalue weighted by atomic mass is 9.86. The number of rotatable bonds is 3. The average Bonchev–Trinajstić information content (AvgIpc) is 2.56. The van der Waals surface area contributed by atoms with Crippen molar-refractivity contribution in [1.29, 1.82) is 0 Å². The Labute approximate surface area is 152 Å². The van der Waals surface area contributed by atoms with Gasteiger partial charge in [-0.2, -0.15) is 0 Å². The first-order valence-corrected chi connectivity index (χ1v) is 9.80. The Morgan fingerprint density at radius 2 is 1.80 bits per heavy atom. The Kier molecular flexibility index (Phi) is 5.71. The summed E-state index contributed by atoms with van der Waals surface area (Å²) >= 11 is 0. The second-order valence-corrected chi connectivity index (χ2v) is 8.89. The summed E-state index contributed by atoms with van der Waals surface area (Å²) in [5, 5.41) is 20.2. The summed E-state index contributed by atoms with van der Waals surface area (Å²) < 4.78 is 0. The number of aliphatic hydroxyl groups excluding tert-OH is 1. The monoisotopic (exact) mass is 346 g/mol. The van der Waals surface area contributed by atoms with E-state index in [1.807, 2.05) is 12.1 Å². The smallest absolute Gasteiger partial charge is 0.120 e. The molecule has 2 heterocycles. The second-order valence-electron chi connectivity index (χ2n) is 8.89. The lowest BCUT2D eigenvalue weighted by Crippen LogP contribution is -2.49. The molecular weight excluding hydrogens is 312 g/mol. The molecule has 0 unspecified atom stereocenters. The van der Waals surface area contributed by atoms with E-state index >= 15 is 0 Å². The minimum Gasteiger partial charge on any atom is -0.508 e. The predicted octanol–water partition coefficient (Wildman–Crippen LogP) is 3.11. The third-order valence-corrected chi connectivity index (χ3v) is 5.84. The molecule has 0 radical (unpaired) electrons. The molecule has 1 aromatic rings. The highest BCUT2D eigenvalue weighted by molar-refractivity contribution is 5.38. The first-order valence-electron chi connectivity index (χ1n) is 9.80. The Hall–Kier alpha value is -1.10. The molecule has 140 valence electrons. The number of β-amino-alcohol motifs (C(OH)–C–C–N with tert-alkyl or cyclic N) is 1. The van der Waals surface area contributed by atoms with Gasteiger partial charge in [0.25, 0.3) is 0 Å². The summed E-state index contributed by atoms with van der Waals surface area (Å²) in [6, 6.07) is 6.66. The van der Waals surface area contributed by atoms with E-state index in [0.29, 0.717) is 11.8 Å². The van der Waals surface area contributed by atoms with Crippen molar-refractivity contribution in [3.05, 3.63) is 29.3 Å². The van der Waals surface area contributed by atoms with Crippen molar-refractivity contribution in [3.8, 4) is 5.75 Å². The van der Waals surface area contributed by atoms with E-state index in [9.17, 15) is 10.2 Å². The van der Waals surface area contributed by atoms with Crippen LogP contribution in [0.25, 0.3) is 0 Å². The third kappa shape index (κ3) is 4.75. The molecule has 0 saturated carbocycles. The van der Waals surface area contributed by atoms with Gasteiger partial charge < -0.3 is 10.2 Å². The van der Waals surface area contributed by atoms with Crippen LogP contribution in [0.4, 0.5) is 0 Å². The molecule has 2 fully saturated rings. The SMILES string of the molecule is CC(C)(C)c1ccc(O)c(CN2CCC(N3CCC[C@H](O)C3)CC2)c1. The van der Waals surface area contributed by atoms with Gasteiger partial charge in [0.2, 0.25) is 0 Å². The first kappa shape index (κ1) is 18.7. The number of likely N-dealkylation sites (tertiary alicyclic amines) is 2. The van der Waals surface area contributed by atoms with Crippen LogP contribution >= 0.6 is 0 Å². The Morgan fingerprint density at radius 1 is 1.08 bits per heavy atom. The van der Waals surface area contributed by atoms with Crippen molar-refractivity contribution in [2.45, 2.75) is 70.6 Å². The minimum atomic E-state index is -0.135. The van der Waals surface area contributed by atoms with Crippen LogP contribution in [0.1, 0.15) is 57.6 Å². The molecule has 0 amide bonds. The van der Waals surface area contributed by atoms with E-state index in [0.717, 1.165) is 64.0 Å². The normalized spacial score (nSPS) is 24.6. The van der Waals surface area contributed by atoms with Crippen molar-refractivity contribution in [2.24, 2.45) is 0 Å². The van der Waals surface area contributed by atoms with Crippen molar-refractivity contribution in [3.63, 3.8) is 0 Å². The number of phenolic OH excluding ortho intramolecular Hbond substituents is 1. The van der Waals surface area contributed by atoms with E-state index < -0.39 is 0 Å². The van der Waals surface area contributed by atoms with E-state index in [1.54, 1.807) is 0 Å². The number of hydrogen-bond donors (Lipinski definition) is 2. The molecule has 0 spiro atoms. The fraction of sp³-hybridized carbons (Fsp3) is 0.714. The Balaban J connectivity index is 1.57. The first-order chi connectivity index (χ1) is 11.8. The molecule has 4 heteroatoms. The third-order valence-electron chi connectivity index (χ3n) is 5.84. The molecule has 4 nitrogen and oxygen atoms in total. The van der Waals surface area contributed by atoms with Crippen LogP contribution in [0.2, 0.25) is 0 Å². The van der Waals surface area contributed by atoms with Crippen molar-refractivity contribution >= 4 is 0 Å². The van der Waals surface area contributed by atoms with Gasteiger partial charge in [-0.25, -0.2) is 0 Å². The van der Waals surface area contributed by atoms with Gasteiger partial charge in [-0.05, 0) is 62.4 Å². The quantitative estimate of drug-likeness (QED) is 0.883. The summed E-state index contributed by atoms with van der Waals surface area (Å²) in [5.74, 6) is 0.411. The zero-order valence-electron chi connectivity index (χ0n) is 16.0. The van der Waals surface area contributed by atoms with Gasteiger partial charge in [0, 0.05) is 24.7 Å². The van der Waals surface area contributed by atoms with E-state index in [4.69, 9.17) is 0 Å². The van der Waals surface area contributed by atoms with Crippen molar-refractivity contribution in [1.82, 2.24) is 9.80 Å². The van der Waals surface area contributed by atoms with Gasteiger partial charge >= 0.3 is 0 Å². The van der Waals surface area contributed by atoms with E-state index in [-0.39, 0.29) is 11.5 Å². The minimum absolute atomic E-state index is 0.102. The van der Waals surface area contributed by atoms with Crippen molar-refractivity contribution < 1.29 is 10.2 Å². The second kappa shape index (κ2) is 7.65. The molecule has 2 aliphatic heterocycles. The van der Waals surface area contributed by atoms with Crippen LogP contribution in [0.15, 0.2) is 18.2 Å². The van der Waals surface area contributed by atoms with Crippen LogP contribution in [-0.2, 0) is 12.0 Å². The van der Waals surface area contributed by atoms with Crippen LogP contribution in [-0.4, -0.2) is 58.3 Å². The predicted molar refractivity (Wildman–Crippen MR) is 102 cm³/mol. The number of benzene rings is 1. The maximum Gasteiger partial charge on any atom is 0.120 e. The molecule has 1 atom stereocenters. The summed E-state index contributed by atoms with van der Waals surface area (Å²) in [6.45, 7) is 11.6. The summed E-state index contributed by atoms with van der Waals surface area (Å²) in [4.78, 5) is 4.95. The molecule has 2 N–H and O–H groups in total. The van der Waals surface area contributed by atoms with Crippen molar-refractivity contribution in [2.75, 3.05) is 26.2 Å². The molecule has 2 saturated heterocycles. The highest BCUT2D eigenvalue weighted by Crippen LogP contribution is 2.29. The topological polar surface area (TPSA) is 46.9 Å². The van der Waals surface area contributed by atoms with Crippen LogP contribution in [0, 0.1) is 0 Å². The number of nitrogens with zero attached hydrogens (tertiary/aromatic N) is 2. The van der Waals surface area contributed by atoms with Crippen LogP contribution < -0.4 is 0 Å². The zero-order chi connectivity index (χ0) is 18.0. The number of piperidine rings is 2. The van der Waals surface area contributed by atoms with Gasteiger partial charge in [-0.3, -0.25) is 9.80 Å². The number of phenols is 1. The molecular formula is C21H34N2O2. The van der Waals surface area contributed by atoms with Gasteiger partial charge in [0.15, 0.2) is 0 Å². The highest BCUT2D eigenvalue weighted by Gasteiger charge is 2.28. The molecule has 25 heavy (non-hydrogen) atoms. The number of aliphatic hydroxyl groups is 1. The molecule has 1 aromatic carbocycles. The Morgan fingerprint density at radius 3 is 2.44 bits per heavy atom. The van der Waals surface area contributed by atoms with Gasteiger partial charge in [-0.15, -0.1) is 0 Å². The molecule has 2 aliphatic rings. The van der Waals surface area contributed by atoms with E-state index in [1.165, 1.54) is 5.56 Å². The van der Waals surface area contributed by atoms with Crippen LogP contribution in [0.5, 0.6) is 5.75 Å². The fourth-order valence-electron chi connectivity index (χ4n) is 4.18. The molecule has 0 bridgehead atoms. The largest absolute Gasteiger partial charge is 0.508 e.